The van der Waals surface area contributed by atoms with E-state index >= 15 is 0 Å². The van der Waals surface area contributed by atoms with Gasteiger partial charge in [-0.15, -0.1) is 0 Å². The number of rotatable bonds is 4. The van der Waals surface area contributed by atoms with Gasteiger partial charge in [0.05, 0.1) is 6.10 Å². The Labute approximate surface area is 123 Å². The van der Waals surface area contributed by atoms with Crippen LogP contribution in [0, 0.1) is 11.8 Å². The first kappa shape index (κ1) is 13.9. The first-order chi connectivity index (χ1) is 9.79. The normalized spacial score (nSPS) is 31.4. The highest BCUT2D eigenvalue weighted by atomic mass is 16.5. The van der Waals surface area contributed by atoms with Crippen LogP contribution < -0.4 is 4.74 Å². The summed E-state index contributed by atoms with van der Waals surface area (Å²) in [7, 11) is 0. The van der Waals surface area contributed by atoms with Crippen molar-refractivity contribution >= 4 is 0 Å². The van der Waals surface area contributed by atoms with Gasteiger partial charge in [0.25, 0.3) is 0 Å². The van der Waals surface area contributed by atoms with E-state index in [9.17, 15) is 0 Å². The predicted molar refractivity (Wildman–Crippen MR) is 83.0 cm³/mol. The second-order valence-corrected chi connectivity index (χ2v) is 6.73. The molecular formula is C18H27NO. The summed E-state index contributed by atoms with van der Waals surface area (Å²) in [5.41, 5.74) is 0. The van der Waals surface area contributed by atoms with E-state index in [4.69, 9.17) is 4.74 Å². The number of benzene rings is 1. The highest BCUT2D eigenvalue weighted by Crippen LogP contribution is 2.29. The number of likely N-dealkylation sites (tertiary alicyclic amines) is 1. The van der Waals surface area contributed by atoms with Crippen LogP contribution in [0.4, 0.5) is 0 Å². The van der Waals surface area contributed by atoms with E-state index in [0.29, 0.717) is 6.10 Å². The summed E-state index contributed by atoms with van der Waals surface area (Å²) in [6, 6.07) is 10.3. The molecule has 2 aliphatic rings. The van der Waals surface area contributed by atoms with Crippen LogP contribution in [0.5, 0.6) is 5.75 Å². The zero-order valence-corrected chi connectivity index (χ0v) is 12.6. The van der Waals surface area contributed by atoms with E-state index in [1.54, 1.807) is 0 Å². The predicted octanol–water partition coefficient (Wildman–Crippen LogP) is 3.97. The van der Waals surface area contributed by atoms with Crippen molar-refractivity contribution in [2.45, 2.75) is 45.1 Å². The van der Waals surface area contributed by atoms with Gasteiger partial charge in [-0.25, -0.2) is 0 Å². The largest absolute Gasteiger partial charge is 0.490 e. The fraction of sp³-hybridized carbons (Fsp3) is 0.667. The van der Waals surface area contributed by atoms with Crippen LogP contribution in [0.25, 0.3) is 0 Å². The van der Waals surface area contributed by atoms with Gasteiger partial charge in [0.2, 0.25) is 0 Å². The van der Waals surface area contributed by atoms with Crippen LogP contribution in [-0.2, 0) is 0 Å². The van der Waals surface area contributed by atoms with Crippen LogP contribution in [0.2, 0.25) is 0 Å². The van der Waals surface area contributed by atoms with Crippen LogP contribution in [0.15, 0.2) is 30.3 Å². The summed E-state index contributed by atoms with van der Waals surface area (Å²) in [5.74, 6) is 2.84. The quantitative estimate of drug-likeness (QED) is 0.823. The van der Waals surface area contributed by atoms with Crippen molar-refractivity contribution in [2.75, 3.05) is 19.6 Å². The Morgan fingerprint density at radius 2 is 1.80 bits per heavy atom. The molecule has 20 heavy (non-hydrogen) atoms. The first-order valence-electron chi connectivity index (χ1n) is 8.23. The van der Waals surface area contributed by atoms with E-state index in [2.05, 4.69) is 36.1 Å². The zero-order chi connectivity index (χ0) is 13.8. The molecule has 3 rings (SSSR count). The standard InChI is InChI=1S/C18H27NO/c1-15-11-12-19(13-15)14-16-7-9-18(10-8-16)20-17-5-3-2-4-6-17/h2-6,15-16,18H,7-14H2,1H3. The summed E-state index contributed by atoms with van der Waals surface area (Å²) >= 11 is 0. The molecular weight excluding hydrogens is 246 g/mol. The molecule has 2 fully saturated rings. The van der Waals surface area contributed by atoms with E-state index < -0.39 is 0 Å². The molecule has 1 heterocycles. The van der Waals surface area contributed by atoms with E-state index in [1.807, 2.05) is 6.07 Å². The summed E-state index contributed by atoms with van der Waals surface area (Å²) in [5, 5.41) is 0. The molecule has 1 aromatic carbocycles. The minimum absolute atomic E-state index is 0.436. The fourth-order valence-corrected chi connectivity index (χ4v) is 3.68. The molecule has 0 spiro atoms. The van der Waals surface area contributed by atoms with Gasteiger partial charge in [0.1, 0.15) is 5.75 Å². The molecule has 0 N–H and O–H groups in total. The second kappa shape index (κ2) is 6.62. The van der Waals surface area contributed by atoms with Crippen LogP contribution >= 0.6 is 0 Å². The Morgan fingerprint density at radius 3 is 2.45 bits per heavy atom. The van der Waals surface area contributed by atoms with E-state index in [0.717, 1.165) is 17.6 Å². The smallest absolute Gasteiger partial charge is 0.119 e. The van der Waals surface area contributed by atoms with Crippen LogP contribution in [0.1, 0.15) is 39.0 Å². The third-order valence-electron chi connectivity index (χ3n) is 4.86. The summed E-state index contributed by atoms with van der Waals surface area (Å²) < 4.78 is 6.08. The lowest BCUT2D eigenvalue weighted by Gasteiger charge is -2.31. The molecule has 0 amide bonds. The molecule has 1 saturated carbocycles. The minimum atomic E-state index is 0.436. The average Bonchev–Trinajstić information content (AvgIpc) is 2.88. The highest BCUT2D eigenvalue weighted by Gasteiger charge is 2.26. The summed E-state index contributed by atoms with van der Waals surface area (Å²) in [6.07, 6.45) is 6.95. The molecule has 2 nitrogen and oxygen atoms in total. The molecule has 2 heteroatoms. The molecule has 0 radical (unpaired) electrons. The van der Waals surface area contributed by atoms with Gasteiger partial charge in [0, 0.05) is 13.1 Å². The number of hydrogen-bond donors (Lipinski definition) is 0. The minimum Gasteiger partial charge on any atom is -0.490 e. The van der Waals surface area contributed by atoms with Gasteiger partial charge in [-0.1, -0.05) is 25.1 Å². The Hall–Kier alpha value is -1.02. The third kappa shape index (κ3) is 3.76. The molecule has 0 bridgehead atoms. The van der Waals surface area contributed by atoms with Crippen molar-refractivity contribution in [2.24, 2.45) is 11.8 Å². The van der Waals surface area contributed by atoms with Gasteiger partial charge in [-0.3, -0.25) is 0 Å². The number of para-hydroxylation sites is 1. The maximum Gasteiger partial charge on any atom is 0.119 e. The molecule has 1 aliphatic heterocycles. The van der Waals surface area contributed by atoms with Crippen molar-refractivity contribution in [1.29, 1.82) is 0 Å². The lowest BCUT2D eigenvalue weighted by molar-refractivity contribution is 0.116. The van der Waals surface area contributed by atoms with Gasteiger partial charge in [0.15, 0.2) is 0 Å². The van der Waals surface area contributed by atoms with Gasteiger partial charge >= 0.3 is 0 Å². The highest BCUT2D eigenvalue weighted by molar-refractivity contribution is 5.21. The zero-order valence-electron chi connectivity index (χ0n) is 12.6. The molecule has 1 atom stereocenters. The second-order valence-electron chi connectivity index (χ2n) is 6.73. The van der Waals surface area contributed by atoms with Crippen molar-refractivity contribution < 1.29 is 4.74 Å². The van der Waals surface area contributed by atoms with Crippen LogP contribution in [0.3, 0.4) is 0 Å². The molecule has 1 saturated heterocycles. The summed E-state index contributed by atoms with van der Waals surface area (Å²) in [4.78, 5) is 2.67. The fourth-order valence-electron chi connectivity index (χ4n) is 3.68. The monoisotopic (exact) mass is 273 g/mol. The first-order valence-corrected chi connectivity index (χ1v) is 8.23. The third-order valence-corrected chi connectivity index (χ3v) is 4.86. The number of hydrogen-bond acceptors (Lipinski definition) is 2. The van der Waals surface area contributed by atoms with Crippen LogP contribution in [-0.4, -0.2) is 30.6 Å². The Balaban J connectivity index is 1.41. The maximum atomic E-state index is 6.08. The van der Waals surface area contributed by atoms with E-state index in [1.165, 1.54) is 51.7 Å². The van der Waals surface area contributed by atoms with Crippen molar-refractivity contribution in [3.8, 4) is 5.75 Å². The lowest BCUT2D eigenvalue weighted by Crippen LogP contribution is -2.32. The Kier molecular flexibility index (Phi) is 4.62. The molecule has 1 aromatic rings. The molecule has 110 valence electrons. The number of nitrogens with zero attached hydrogens (tertiary/aromatic N) is 1. The molecule has 1 unspecified atom stereocenters. The summed E-state index contributed by atoms with van der Waals surface area (Å²) in [6.45, 7) is 6.34. The van der Waals surface area contributed by atoms with Crippen molar-refractivity contribution in [1.82, 2.24) is 4.90 Å². The molecule has 0 aromatic heterocycles. The Bertz CT molecular complexity index is 397. The topological polar surface area (TPSA) is 12.5 Å². The van der Waals surface area contributed by atoms with Crippen molar-refractivity contribution in [3.63, 3.8) is 0 Å². The Morgan fingerprint density at radius 1 is 1.05 bits per heavy atom. The van der Waals surface area contributed by atoms with Gasteiger partial charge in [-0.05, 0) is 62.6 Å². The number of ether oxygens (including phenoxy) is 1. The van der Waals surface area contributed by atoms with Crippen molar-refractivity contribution in [3.05, 3.63) is 30.3 Å². The average molecular weight is 273 g/mol. The van der Waals surface area contributed by atoms with Gasteiger partial charge in [-0.2, -0.15) is 0 Å². The molecule has 1 aliphatic carbocycles. The maximum absolute atomic E-state index is 6.08. The van der Waals surface area contributed by atoms with E-state index in [-0.39, 0.29) is 0 Å². The lowest BCUT2D eigenvalue weighted by atomic mass is 9.87. The SMILES string of the molecule is CC1CCN(CC2CCC(Oc3ccccc3)CC2)C1. The van der Waals surface area contributed by atoms with Gasteiger partial charge < -0.3 is 9.64 Å².